The van der Waals surface area contributed by atoms with Crippen molar-refractivity contribution in [1.82, 2.24) is 4.90 Å². The Morgan fingerprint density at radius 3 is 2.62 bits per heavy atom. The van der Waals surface area contributed by atoms with E-state index in [0.717, 1.165) is 0 Å². The van der Waals surface area contributed by atoms with Crippen LogP contribution in [0.25, 0.3) is 16.3 Å². The van der Waals surface area contributed by atoms with E-state index in [4.69, 9.17) is 0 Å². The molecular formula is C21H27N2S+. The monoisotopic (exact) mass is 339 g/mol. The molecule has 1 aromatic heterocycles. The molecule has 1 aromatic carbocycles. The van der Waals surface area contributed by atoms with Crippen molar-refractivity contribution in [2.75, 3.05) is 13.1 Å². The van der Waals surface area contributed by atoms with Gasteiger partial charge < -0.3 is 4.90 Å². The fourth-order valence-corrected chi connectivity index (χ4v) is 5.25. The Balaban J connectivity index is 1.73. The van der Waals surface area contributed by atoms with Crippen molar-refractivity contribution in [3.8, 4) is 0 Å². The van der Waals surface area contributed by atoms with Gasteiger partial charge in [-0.05, 0) is 48.8 Å². The number of para-hydroxylation sites is 1. The zero-order valence-corrected chi connectivity index (χ0v) is 15.8. The first kappa shape index (κ1) is 15.9. The number of rotatable bonds is 2. The minimum absolute atomic E-state index is 0.355. The van der Waals surface area contributed by atoms with E-state index in [0.29, 0.717) is 5.41 Å². The van der Waals surface area contributed by atoms with Crippen molar-refractivity contribution >= 4 is 27.6 Å². The van der Waals surface area contributed by atoms with E-state index in [1.165, 1.54) is 59.6 Å². The van der Waals surface area contributed by atoms with Gasteiger partial charge in [0.15, 0.2) is 0 Å². The second-order valence-electron chi connectivity index (χ2n) is 8.03. The van der Waals surface area contributed by atoms with E-state index in [2.05, 4.69) is 66.8 Å². The van der Waals surface area contributed by atoms with Crippen molar-refractivity contribution < 1.29 is 4.57 Å². The molecule has 1 aliphatic carbocycles. The van der Waals surface area contributed by atoms with E-state index in [-0.39, 0.29) is 0 Å². The quantitative estimate of drug-likeness (QED) is 0.705. The lowest BCUT2D eigenvalue weighted by Crippen LogP contribution is -2.30. The van der Waals surface area contributed by atoms with Gasteiger partial charge in [-0.25, -0.2) is 0 Å². The summed E-state index contributed by atoms with van der Waals surface area (Å²) < 4.78 is 3.70. The van der Waals surface area contributed by atoms with Gasteiger partial charge >= 0.3 is 0 Å². The molecule has 0 N–H and O–H groups in total. The van der Waals surface area contributed by atoms with E-state index in [1.54, 1.807) is 5.70 Å². The van der Waals surface area contributed by atoms with Gasteiger partial charge in [-0.2, -0.15) is 4.57 Å². The molecule has 1 fully saturated rings. The average molecular weight is 340 g/mol. The van der Waals surface area contributed by atoms with Gasteiger partial charge in [-0.15, -0.1) is 0 Å². The van der Waals surface area contributed by atoms with Gasteiger partial charge in [-0.1, -0.05) is 37.3 Å². The van der Waals surface area contributed by atoms with Gasteiger partial charge in [0.05, 0.1) is 0 Å². The highest BCUT2D eigenvalue weighted by atomic mass is 32.1. The van der Waals surface area contributed by atoms with Crippen LogP contribution in [0, 0.1) is 5.41 Å². The molecule has 2 aliphatic rings. The van der Waals surface area contributed by atoms with Gasteiger partial charge in [0.2, 0.25) is 5.52 Å². The molecule has 2 heterocycles. The first-order chi connectivity index (χ1) is 11.5. The molecular weight excluding hydrogens is 312 g/mol. The molecule has 126 valence electrons. The minimum Gasteiger partial charge on any atom is -0.375 e. The molecule has 0 unspecified atom stereocenters. The Morgan fingerprint density at radius 2 is 1.88 bits per heavy atom. The molecule has 4 rings (SSSR count). The van der Waals surface area contributed by atoms with Crippen LogP contribution in [0.2, 0.25) is 0 Å². The molecule has 0 bridgehead atoms. The van der Waals surface area contributed by atoms with Crippen LogP contribution in [-0.4, -0.2) is 18.0 Å². The highest BCUT2D eigenvalue weighted by molar-refractivity contribution is 7.18. The lowest BCUT2D eigenvalue weighted by Gasteiger charge is -2.35. The molecule has 2 aromatic rings. The molecule has 3 heteroatoms. The number of allylic oxidation sites excluding steroid dienone is 3. The summed E-state index contributed by atoms with van der Waals surface area (Å²) in [5.41, 5.74) is 4.72. The van der Waals surface area contributed by atoms with E-state index in [1.807, 2.05) is 11.3 Å². The van der Waals surface area contributed by atoms with Crippen LogP contribution in [0.15, 0.2) is 41.6 Å². The van der Waals surface area contributed by atoms with Crippen LogP contribution in [-0.2, 0) is 7.05 Å². The summed E-state index contributed by atoms with van der Waals surface area (Å²) in [4.78, 5) is 2.61. The Kier molecular flexibility index (Phi) is 4.00. The Bertz CT molecular complexity index is 819. The van der Waals surface area contributed by atoms with Crippen molar-refractivity contribution in [1.29, 1.82) is 0 Å². The molecule has 0 radical (unpaired) electrons. The highest BCUT2D eigenvalue weighted by Crippen LogP contribution is 2.40. The number of benzene rings is 1. The van der Waals surface area contributed by atoms with Crippen LogP contribution in [0.5, 0.6) is 0 Å². The summed E-state index contributed by atoms with van der Waals surface area (Å²) in [5, 5.41) is 1.35. The number of thiazole rings is 1. The van der Waals surface area contributed by atoms with Crippen molar-refractivity contribution in [2.24, 2.45) is 12.5 Å². The number of nitrogens with zero attached hydrogens (tertiary/aromatic N) is 2. The summed E-state index contributed by atoms with van der Waals surface area (Å²) in [6.07, 6.45) is 9.97. The summed E-state index contributed by atoms with van der Waals surface area (Å²) in [6.45, 7) is 7.31. The molecule has 24 heavy (non-hydrogen) atoms. The predicted octanol–water partition coefficient (Wildman–Crippen LogP) is 4.91. The zero-order valence-electron chi connectivity index (χ0n) is 15.0. The molecule has 0 saturated carbocycles. The maximum atomic E-state index is 2.61. The lowest BCUT2D eigenvalue weighted by molar-refractivity contribution is -0.642. The number of hydrogen-bond acceptors (Lipinski definition) is 2. The first-order valence-corrected chi connectivity index (χ1v) is 9.87. The third-order valence-electron chi connectivity index (χ3n) is 5.29. The number of fused-ring (bicyclic) bond motifs is 1. The summed E-state index contributed by atoms with van der Waals surface area (Å²) in [7, 11) is 2.18. The lowest BCUT2D eigenvalue weighted by atomic mass is 9.77. The third-order valence-corrected chi connectivity index (χ3v) is 6.45. The fraction of sp³-hybridized carbons (Fsp3) is 0.476. The van der Waals surface area contributed by atoms with Crippen LogP contribution in [0.4, 0.5) is 0 Å². The molecule has 0 spiro atoms. The van der Waals surface area contributed by atoms with E-state index < -0.39 is 0 Å². The van der Waals surface area contributed by atoms with E-state index >= 15 is 0 Å². The summed E-state index contributed by atoms with van der Waals surface area (Å²) in [5.74, 6) is 0. The largest absolute Gasteiger partial charge is 0.375 e. The van der Waals surface area contributed by atoms with Gasteiger partial charge in [0.1, 0.15) is 11.7 Å². The van der Waals surface area contributed by atoms with Crippen LogP contribution < -0.4 is 4.57 Å². The fourth-order valence-electron chi connectivity index (χ4n) is 4.13. The summed E-state index contributed by atoms with van der Waals surface area (Å²) >= 11 is 1.89. The van der Waals surface area contributed by atoms with Gasteiger partial charge in [0, 0.05) is 30.9 Å². The predicted molar refractivity (Wildman–Crippen MR) is 103 cm³/mol. The van der Waals surface area contributed by atoms with Crippen molar-refractivity contribution in [3.63, 3.8) is 0 Å². The number of hydrogen-bond donors (Lipinski definition) is 0. The van der Waals surface area contributed by atoms with Crippen LogP contribution in [0.3, 0.4) is 0 Å². The van der Waals surface area contributed by atoms with Gasteiger partial charge in [0.25, 0.3) is 5.01 Å². The molecule has 1 saturated heterocycles. The topological polar surface area (TPSA) is 7.12 Å². The summed E-state index contributed by atoms with van der Waals surface area (Å²) in [6, 6.07) is 8.69. The maximum absolute atomic E-state index is 2.61. The standard InChI is InChI=1S/C21H27N2S/c1-21(2)14-16(12-17(15-21)23-10-6-7-11-23)13-20-22(3)18-8-4-5-9-19(18)24-20/h4-5,8-9,12-13H,6-7,10-11,14-15H2,1-3H3/q+1. The zero-order chi connectivity index (χ0) is 16.7. The molecule has 2 nitrogen and oxygen atoms in total. The Hall–Kier alpha value is -1.61. The molecule has 1 aliphatic heterocycles. The van der Waals surface area contributed by atoms with Crippen molar-refractivity contribution in [2.45, 2.75) is 39.5 Å². The minimum atomic E-state index is 0.355. The number of aryl methyl sites for hydroxylation is 1. The number of likely N-dealkylation sites (tertiary alicyclic amines) is 1. The molecule has 0 amide bonds. The third kappa shape index (κ3) is 3.02. The SMILES string of the molecule is C[n+]1c(C=C2C=C(N3CCCC3)CC(C)(C)C2)sc2ccccc21. The average Bonchev–Trinajstić information content (AvgIpc) is 3.16. The van der Waals surface area contributed by atoms with Crippen LogP contribution in [0.1, 0.15) is 44.5 Å². The smallest absolute Gasteiger partial charge is 0.262 e. The maximum Gasteiger partial charge on any atom is 0.262 e. The second-order valence-corrected chi connectivity index (χ2v) is 9.10. The first-order valence-electron chi connectivity index (χ1n) is 9.06. The van der Waals surface area contributed by atoms with Gasteiger partial charge in [-0.3, -0.25) is 0 Å². The normalized spacial score (nSPS) is 22.4. The second kappa shape index (κ2) is 6.03. The van der Waals surface area contributed by atoms with Crippen molar-refractivity contribution in [3.05, 3.63) is 46.6 Å². The highest BCUT2D eigenvalue weighted by Gasteiger charge is 2.29. The number of aromatic nitrogens is 1. The van der Waals surface area contributed by atoms with E-state index in [9.17, 15) is 0 Å². The Labute approximate surface area is 149 Å². The Morgan fingerprint density at radius 1 is 1.12 bits per heavy atom. The molecule has 0 atom stereocenters. The van der Waals surface area contributed by atoms with Crippen LogP contribution >= 0.6 is 11.3 Å².